The lowest BCUT2D eigenvalue weighted by atomic mass is 9.98. The zero-order valence-corrected chi connectivity index (χ0v) is 20.0. The Hall–Kier alpha value is -3.29. The molecule has 182 valence electrons. The van der Waals surface area contributed by atoms with Crippen LogP contribution in [-0.2, 0) is 20.9 Å². The van der Waals surface area contributed by atoms with Gasteiger partial charge in [0.1, 0.15) is 12.6 Å². The molecule has 0 spiro atoms. The molecule has 0 radical (unpaired) electrons. The van der Waals surface area contributed by atoms with E-state index in [1.165, 1.54) is 6.92 Å². The van der Waals surface area contributed by atoms with Crippen LogP contribution in [0, 0.1) is 19.8 Å². The van der Waals surface area contributed by atoms with Crippen LogP contribution in [0.2, 0.25) is 0 Å². The molecule has 1 fully saturated rings. The smallest absolute Gasteiger partial charge is 0.329 e. The minimum Gasteiger partial charge on any atom is -0.486 e. The van der Waals surface area contributed by atoms with Crippen LogP contribution < -0.4 is 14.8 Å². The number of fused-ring (bicyclic) bond motifs is 1. The predicted octanol–water partition coefficient (Wildman–Crippen LogP) is 3.37. The standard InChI is InChI=1S/C26H32N2O6/c1-16-12-21(17(2)28(16)13-20-14-32-23-10-6-7-11-24(23)34-20)22(30)15-33-26(31)25(27-18(3)29)19-8-4-5-9-19/h6-7,10-12,19-20,25H,4-5,8-9,13-15H2,1-3H3,(H,27,29). The van der Waals surface area contributed by atoms with Crippen LogP contribution >= 0.6 is 0 Å². The van der Waals surface area contributed by atoms with Crippen molar-refractivity contribution in [1.82, 2.24) is 9.88 Å². The summed E-state index contributed by atoms with van der Waals surface area (Å²) in [4.78, 5) is 37.2. The molecule has 2 aliphatic rings. The zero-order chi connectivity index (χ0) is 24.2. The van der Waals surface area contributed by atoms with Crippen LogP contribution in [0.5, 0.6) is 11.5 Å². The number of benzene rings is 1. The first-order valence-corrected chi connectivity index (χ1v) is 11.9. The Morgan fingerprint density at radius 3 is 2.56 bits per heavy atom. The number of hydrogen-bond donors (Lipinski definition) is 1. The zero-order valence-electron chi connectivity index (χ0n) is 20.0. The fourth-order valence-corrected chi connectivity index (χ4v) is 4.90. The molecule has 1 aliphatic carbocycles. The first-order chi connectivity index (χ1) is 16.3. The van der Waals surface area contributed by atoms with Gasteiger partial charge in [-0.1, -0.05) is 25.0 Å². The van der Waals surface area contributed by atoms with Gasteiger partial charge in [-0.15, -0.1) is 0 Å². The minimum absolute atomic E-state index is 0.0550. The van der Waals surface area contributed by atoms with Gasteiger partial charge in [0, 0.05) is 23.9 Å². The molecule has 0 saturated heterocycles. The van der Waals surface area contributed by atoms with Gasteiger partial charge in [0.2, 0.25) is 11.7 Å². The molecule has 34 heavy (non-hydrogen) atoms. The molecule has 2 heterocycles. The van der Waals surface area contributed by atoms with Crippen molar-refractivity contribution in [3.8, 4) is 11.5 Å². The predicted molar refractivity (Wildman–Crippen MR) is 125 cm³/mol. The molecule has 1 aromatic carbocycles. The summed E-state index contributed by atoms with van der Waals surface area (Å²) >= 11 is 0. The molecule has 2 atom stereocenters. The highest BCUT2D eigenvalue weighted by atomic mass is 16.6. The van der Waals surface area contributed by atoms with E-state index in [2.05, 4.69) is 5.32 Å². The van der Waals surface area contributed by atoms with Crippen molar-refractivity contribution in [2.24, 2.45) is 5.92 Å². The SMILES string of the molecule is CC(=O)NC(C(=O)OCC(=O)c1cc(C)n(CC2COc3ccccc3O2)c1C)C1CCCC1. The number of hydrogen-bond acceptors (Lipinski definition) is 6. The molecule has 1 aliphatic heterocycles. The topological polar surface area (TPSA) is 95.9 Å². The van der Waals surface area contributed by atoms with Crippen molar-refractivity contribution >= 4 is 17.7 Å². The average Bonchev–Trinajstić information content (AvgIpc) is 3.45. The fourth-order valence-electron chi connectivity index (χ4n) is 4.90. The highest BCUT2D eigenvalue weighted by Crippen LogP contribution is 2.32. The van der Waals surface area contributed by atoms with E-state index >= 15 is 0 Å². The van der Waals surface area contributed by atoms with Gasteiger partial charge in [0.15, 0.2) is 24.2 Å². The van der Waals surface area contributed by atoms with Crippen molar-refractivity contribution in [1.29, 1.82) is 0 Å². The molecule has 2 aromatic rings. The Labute approximate surface area is 199 Å². The second kappa shape index (κ2) is 10.3. The maximum Gasteiger partial charge on any atom is 0.329 e. The van der Waals surface area contributed by atoms with Crippen molar-refractivity contribution in [2.75, 3.05) is 13.2 Å². The molecule has 1 amide bonds. The second-order valence-corrected chi connectivity index (χ2v) is 9.15. The molecule has 1 saturated carbocycles. The Kier molecular flexibility index (Phi) is 7.24. The first kappa shape index (κ1) is 23.9. The summed E-state index contributed by atoms with van der Waals surface area (Å²) in [5.41, 5.74) is 2.21. The lowest BCUT2D eigenvalue weighted by Gasteiger charge is -2.27. The number of para-hydroxylation sites is 2. The van der Waals surface area contributed by atoms with Crippen LogP contribution in [0.4, 0.5) is 0 Å². The number of aromatic nitrogens is 1. The molecule has 8 heteroatoms. The number of amides is 1. The summed E-state index contributed by atoms with van der Waals surface area (Å²) in [5, 5.41) is 2.71. The van der Waals surface area contributed by atoms with Gasteiger partial charge in [0.25, 0.3) is 0 Å². The van der Waals surface area contributed by atoms with Crippen LogP contribution in [0.3, 0.4) is 0 Å². The quantitative estimate of drug-likeness (QED) is 0.471. The Morgan fingerprint density at radius 2 is 1.85 bits per heavy atom. The van der Waals surface area contributed by atoms with E-state index in [1.54, 1.807) is 0 Å². The fraction of sp³-hybridized carbons (Fsp3) is 0.500. The highest BCUT2D eigenvalue weighted by Gasteiger charge is 2.33. The summed E-state index contributed by atoms with van der Waals surface area (Å²) in [6, 6.07) is 8.66. The van der Waals surface area contributed by atoms with E-state index in [-0.39, 0.29) is 30.3 Å². The minimum atomic E-state index is -0.702. The number of nitrogens with one attached hydrogen (secondary N) is 1. The lowest BCUT2D eigenvalue weighted by Crippen LogP contribution is -2.45. The van der Waals surface area contributed by atoms with Crippen LogP contribution in [0.15, 0.2) is 30.3 Å². The van der Waals surface area contributed by atoms with Crippen molar-refractivity contribution < 1.29 is 28.6 Å². The van der Waals surface area contributed by atoms with E-state index in [0.29, 0.717) is 24.5 Å². The van der Waals surface area contributed by atoms with Gasteiger partial charge in [-0.3, -0.25) is 9.59 Å². The molecule has 1 aromatic heterocycles. The third-order valence-electron chi connectivity index (χ3n) is 6.66. The van der Waals surface area contributed by atoms with Gasteiger partial charge >= 0.3 is 5.97 Å². The number of nitrogens with zero attached hydrogens (tertiary/aromatic N) is 1. The maximum absolute atomic E-state index is 12.9. The van der Waals surface area contributed by atoms with Crippen molar-refractivity contribution in [3.05, 3.63) is 47.3 Å². The summed E-state index contributed by atoms with van der Waals surface area (Å²) < 4.78 is 19.3. The Balaban J connectivity index is 1.39. The monoisotopic (exact) mass is 468 g/mol. The summed E-state index contributed by atoms with van der Waals surface area (Å²) in [5.74, 6) is 0.398. The molecule has 1 N–H and O–H groups in total. The van der Waals surface area contributed by atoms with Gasteiger partial charge in [0.05, 0.1) is 6.54 Å². The van der Waals surface area contributed by atoms with E-state index in [4.69, 9.17) is 14.2 Å². The molecular formula is C26H32N2O6. The van der Waals surface area contributed by atoms with Crippen molar-refractivity contribution in [2.45, 2.75) is 65.1 Å². The number of ketones is 1. The van der Waals surface area contributed by atoms with Crippen LogP contribution in [-0.4, -0.2) is 47.6 Å². The molecule has 8 nitrogen and oxygen atoms in total. The number of carbonyl (C=O) groups excluding carboxylic acids is 3. The summed E-state index contributed by atoms with van der Waals surface area (Å²) in [6.45, 7) is 5.78. The number of Topliss-reactive ketones (excluding diaryl/α,β-unsaturated/α-hetero) is 1. The number of esters is 1. The van der Waals surface area contributed by atoms with E-state index in [0.717, 1.165) is 42.8 Å². The molecular weight excluding hydrogens is 436 g/mol. The lowest BCUT2D eigenvalue weighted by molar-refractivity contribution is -0.148. The van der Waals surface area contributed by atoms with E-state index in [1.807, 2.05) is 48.7 Å². The van der Waals surface area contributed by atoms with Crippen molar-refractivity contribution in [3.63, 3.8) is 0 Å². The van der Waals surface area contributed by atoms with E-state index in [9.17, 15) is 14.4 Å². The Morgan fingerprint density at radius 1 is 1.15 bits per heavy atom. The second-order valence-electron chi connectivity index (χ2n) is 9.15. The summed E-state index contributed by atoms with van der Waals surface area (Å²) in [6.07, 6.45) is 3.60. The number of rotatable bonds is 8. The largest absolute Gasteiger partial charge is 0.486 e. The first-order valence-electron chi connectivity index (χ1n) is 11.9. The molecule has 4 rings (SSSR count). The Bertz CT molecular complexity index is 1070. The highest BCUT2D eigenvalue weighted by molar-refractivity contribution is 5.99. The molecule has 2 unspecified atom stereocenters. The maximum atomic E-state index is 12.9. The van der Waals surface area contributed by atoms with Gasteiger partial charge < -0.3 is 24.1 Å². The number of ether oxygens (including phenoxy) is 3. The van der Waals surface area contributed by atoms with Crippen LogP contribution in [0.1, 0.15) is 54.4 Å². The number of aryl methyl sites for hydroxylation is 1. The van der Waals surface area contributed by atoms with Gasteiger partial charge in [-0.2, -0.15) is 0 Å². The van der Waals surface area contributed by atoms with Gasteiger partial charge in [-0.25, -0.2) is 4.79 Å². The third kappa shape index (κ3) is 5.26. The summed E-state index contributed by atoms with van der Waals surface area (Å²) in [7, 11) is 0. The normalized spacial score (nSPS) is 18.4. The van der Waals surface area contributed by atoms with Crippen LogP contribution in [0.25, 0.3) is 0 Å². The average molecular weight is 469 g/mol. The third-order valence-corrected chi connectivity index (χ3v) is 6.66. The van der Waals surface area contributed by atoms with E-state index < -0.39 is 12.0 Å². The van der Waals surface area contributed by atoms with Gasteiger partial charge in [-0.05, 0) is 50.8 Å². The molecule has 0 bridgehead atoms. The number of carbonyl (C=O) groups is 3.